The third-order valence-electron chi connectivity index (χ3n) is 7.16. The highest BCUT2D eigenvalue weighted by atomic mass is 16.3. The molecule has 0 aliphatic carbocycles. The average molecular weight is 542 g/mol. The molecule has 0 atom stereocenters. The summed E-state index contributed by atoms with van der Waals surface area (Å²) in [6.07, 6.45) is 0. The van der Waals surface area contributed by atoms with E-state index in [0.29, 0.717) is 0 Å². The summed E-state index contributed by atoms with van der Waals surface area (Å²) in [7, 11) is 0. The first-order chi connectivity index (χ1) is 29.1. The van der Waals surface area contributed by atoms with Crippen LogP contribution in [-0.4, -0.2) is 0 Å². The van der Waals surface area contributed by atoms with E-state index in [9.17, 15) is 8.22 Å². The summed E-state index contributed by atoms with van der Waals surface area (Å²) < 4.78 is 193. The van der Waals surface area contributed by atoms with Crippen molar-refractivity contribution in [2.45, 2.75) is 0 Å². The van der Waals surface area contributed by atoms with Crippen LogP contribution in [0.4, 0.5) is 0 Å². The van der Waals surface area contributed by atoms with Gasteiger partial charge in [0.15, 0.2) is 0 Å². The van der Waals surface area contributed by atoms with Crippen LogP contribution in [0.2, 0.25) is 0 Å². The van der Waals surface area contributed by atoms with E-state index < -0.39 is 181 Å². The first-order valence-electron chi connectivity index (χ1n) is 22.9. The van der Waals surface area contributed by atoms with Gasteiger partial charge >= 0.3 is 0 Å². The summed E-state index contributed by atoms with van der Waals surface area (Å²) in [6, 6.07) is -11.5. The van der Waals surface area contributed by atoms with Crippen molar-refractivity contribution >= 4 is 65.0 Å². The van der Waals surface area contributed by atoms with Crippen LogP contribution in [0, 0.1) is 0 Å². The monoisotopic (exact) mass is 541 g/mol. The second kappa shape index (κ2) is 8.55. The summed E-state index contributed by atoms with van der Waals surface area (Å²) >= 11 is 0. The normalized spacial score (nSPS) is 19.1. The fourth-order valence-electron chi connectivity index (χ4n) is 5.51. The molecule has 1 heterocycles. The standard InChI is InChI=1S/C40H24O/c1-2-13-26-25(12-1)24-36(28-15-4-3-14-27(26)28)39-32-19-7-5-17-30(32)38(31-18-6-8-20-33(31)39)35-22-11-21-34-29-16-9-10-23-37(29)41-40(34)35/h1-24H/i1D,2D,3D,4D,5D,6D,7D,8D,9D,10D,12D,13D,14D,15D,16D,17D,18D,19D,20D,23D,24D. The summed E-state index contributed by atoms with van der Waals surface area (Å²) in [5.41, 5.74) is -1.86. The zero-order chi connectivity index (χ0) is 45.2. The summed E-state index contributed by atoms with van der Waals surface area (Å²) in [6.45, 7) is 0. The molecule has 0 N–H and O–H groups in total. The van der Waals surface area contributed by atoms with Crippen molar-refractivity contribution in [3.63, 3.8) is 0 Å². The lowest BCUT2D eigenvalue weighted by Crippen LogP contribution is -1.92. The van der Waals surface area contributed by atoms with Crippen LogP contribution in [0.5, 0.6) is 0 Å². The largest absolute Gasteiger partial charge is 0.455 e. The van der Waals surface area contributed by atoms with E-state index in [4.69, 9.17) is 25.0 Å². The molecule has 0 saturated heterocycles. The van der Waals surface area contributed by atoms with Gasteiger partial charge in [0.2, 0.25) is 0 Å². The topological polar surface area (TPSA) is 13.1 Å². The fourth-order valence-corrected chi connectivity index (χ4v) is 5.51. The number of para-hydroxylation sites is 2. The van der Waals surface area contributed by atoms with Gasteiger partial charge in [0.05, 0.1) is 28.8 Å². The van der Waals surface area contributed by atoms with E-state index in [0.717, 1.165) is 0 Å². The highest BCUT2D eigenvalue weighted by molar-refractivity contribution is 6.27. The van der Waals surface area contributed by atoms with Gasteiger partial charge in [0.25, 0.3) is 0 Å². The Bertz CT molecular complexity index is 3570. The van der Waals surface area contributed by atoms with Crippen molar-refractivity contribution in [3.05, 3.63) is 145 Å². The molecule has 0 radical (unpaired) electrons. The molecule has 0 fully saturated rings. The van der Waals surface area contributed by atoms with E-state index >= 15 is 0 Å². The molecular weight excluding hydrogens is 496 g/mol. The quantitative estimate of drug-likeness (QED) is 0.157. The number of furan rings is 1. The van der Waals surface area contributed by atoms with Crippen molar-refractivity contribution in [2.24, 2.45) is 0 Å². The number of fused-ring (bicyclic) bond motifs is 8. The molecule has 9 aromatic rings. The lowest BCUT2D eigenvalue weighted by atomic mass is 9.83. The van der Waals surface area contributed by atoms with Gasteiger partial charge in [-0.3, -0.25) is 0 Å². The maximum atomic E-state index is 9.74. The molecule has 0 amide bonds. The van der Waals surface area contributed by atoms with Gasteiger partial charge in [-0.05, 0) is 66.3 Å². The van der Waals surface area contributed by atoms with Crippen molar-refractivity contribution < 1.29 is 33.2 Å². The van der Waals surface area contributed by atoms with E-state index in [2.05, 4.69) is 0 Å². The Hall–Kier alpha value is -5.40. The highest BCUT2D eigenvalue weighted by Gasteiger charge is 2.21. The Kier molecular flexibility index (Phi) is 2.13. The van der Waals surface area contributed by atoms with Crippen LogP contribution >= 0.6 is 0 Å². The van der Waals surface area contributed by atoms with Crippen molar-refractivity contribution in [3.8, 4) is 22.3 Å². The minimum Gasteiger partial charge on any atom is -0.455 e. The van der Waals surface area contributed by atoms with E-state index in [-0.39, 0.29) is 33.1 Å². The van der Waals surface area contributed by atoms with E-state index in [1.165, 1.54) is 18.2 Å². The lowest BCUT2D eigenvalue weighted by Gasteiger charge is -2.19. The molecule has 0 bridgehead atoms. The van der Waals surface area contributed by atoms with Gasteiger partial charge in [-0.25, -0.2) is 0 Å². The van der Waals surface area contributed by atoms with E-state index in [1.54, 1.807) is 0 Å². The minimum atomic E-state index is -0.846. The molecule has 0 aliphatic heterocycles. The number of benzene rings is 8. The third kappa shape index (κ3) is 3.18. The smallest absolute Gasteiger partial charge is 0.143 e. The second-order valence-electron chi connectivity index (χ2n) is 9.24. The Balaban J connectivity index is 1.68. The Morgan fingerprint density at radius 2 is 0.927 bits per heavy atom. The zero-order valence-electron chi connectivity index (χ0n) is 41.6. The summed E-state index contributed by atoms with van der Waals surface area (Å²) in [5.74, 6) is 0. The molecule has 41 heavy (non-hydrogen) atoms. The predicted molar refractivity (Wildman–Crippen MR) is 175 cm³/mol. The molecule has 0 unspecified atom stereocenters. The van der Waals surface area contributed by atoms with Gasteiger partial charge in [-0.1, -0.05) is 133 Å². The van der Waals surface area contributed by atoms with Gasteiger partial charge < -0.3 is 4.42 Å². The Labute approximate surface area is 266 Å². The molecule has 0 saturated carbocycles. The molecule has 1 heteroatoms. The van der Waals surface area contributed by atoms with Crippen LogP contribution in [0.15, 0.2) is 150 Å². The van der Waals surface area contributed by atoms with Crippen LogP contribution in [0.25, 0.3) is 87.3 Å². The highest BCUT2D eigenvalue weighted by Crippen LogP contribution is 2.48. The van der Waals surface area contributed by atoms with Crippen LogP contribution in [0.3, 0.4) is 0 Å². The zero-order valence-corrected chi connectivity index (χ0v) is 20.6. The summed E-state index contributed by atoms with van der Waals surface area (Å²) in [5, 5.41) is -3.75. The van der Waals surface area contributed by atoms with Gasteiger partial charge in [-0.2, -0.15) is 0 Å². The summed E-state index contributed by atoms with van der Waals surface area (Å²) in [4.78, 5) is 0. The third-order valence-corrected chi connectivity index (χ3v) is 7.16. The SMILES string of the molecule is [2H]c1c([2H])c([2H])c2c(oc3c(-c4c5c([2H])c([2H])c([2H])c([2H])c5c(-c5c([2H])c6c([2H])c([2H])c([2H])c([2H])c6c6c([2H])c([2H])c([2H])c([2H])c56)c5c([2H])c([2H])c([2H])c([2H])c45)cccc32)c1[2H]. The van der Waals surface area contributed by atoms with Gasteiger partial charge in [0, 0.05) is 21.9 Å². The fraction of sp³-hybridized carbons (Fsp3) is 0. The van der Waals surface area contributed by atoms with Crippen molar-refractivity contribution in [1.29, 1.82) is 0 Å². The van der Waals surface area contributed by atoms with Crippen LogP contribution < -0.4 is 0 Å². The molecule has 1 nitrogen and oxygen atoms in total. The lowest BCUT2D eigenvalue weighted by molar-refractivity contribution is 0.670. The first-order valence-corrected chi connectivity index (χ1v) is 12.4. The average Bonchev–Trinajstić information content (AvgIpc) is 3.66. The number of hydrogen-bond acceptors (Lipinski definition) is 1. The Morgan fingerprint density at radius 1 is 0.415 bits per heavy atom. The molecule has 8 aromatic carbocycles. The minimum absolute atomic E-state index is 0.0398. The maximum Gasteiger partial charge on any atom is 0.143 e. The van der Waals surface area contributed by atoms with Crippen molar-refractivity contribution in [2.75, 3.05) is 0 Å². The molecule has 190 valence electrons. The molecule has 9 rings (SSSR count). The van der Waals surface area contributed by atoms with Crippen molar-refractivity contribution in [1.82, 2.24) is 0 Å². The number of rotatable bonds is 2. The second-order valence-corrected chi connectivity index (χ2v) is 9.24. The van der Waals surface area contributed by atoms with Crippen LogP contribution in [0.1, 0.15) is 28.8 Å². The van der Waals surface area contributed by atoms with E-state index in [1.807, 2.05) is 0 Å². The molecule has 0 aliphatic rings. The maximum absolute atomic E-state index is 9.74. The van der Waals surface area contributed by atoms with Crippen LogP contribution in [-0.2, 0) is 0 Å². The Morgan fingerprint density at radius 3 is 1.61 bits per heavy atom. The molecule has 1 aromatic heterocycles. The first kappa shape index (κ1) is 10.2. The van der Waals surface area contributed by atoms with Gasteiger partial charge in [-0.15, -0.1) is 0 Å². The number of hydrogen-bond donors (Lipinski definition) is 0. The predicted octanol–water partition coefficient (Wildman–Crippen LogP) is 11.5. The molecular formula is C40H24O. The molecule has 0 spiro atoms. The van der Waals surface area contributed by atoms with Gasteiger partial charge in [0.1, 0.15) is 11.2 Å².